The number of carbonyl (C=O) groups excluding carboxylic acids is 1. The second-order valence-corrected chi connectivity index (χ2v) is 7.60. The number of hydrogen-bond acceptors (Lipinski definition) is 4. The van der Waals surface area contributed by atoms with E-state index in [2.05, 4.69) is 22.3 Å². The Morgan fingerprint density at radius 3 is 2.62 bits per heavy atom. The van der Waals surface area contributed by atoms with Crippen LogP contribution in [0.25, 0.3) is 10.9 Å². The normalized spacial score (nSPS) is 14.0. The number of hydrogen-bond donors (Lipinski definition) is 1. The van der Waals surface area contributed by atoms with Crippen molar-refractivity contribution in [1.29, 1.82) is 0 Å². The first kappa shape index (κ1) is 19.2. The van der Waals surface area contributed by atoms with Gasteiger partial charge in [-0.05, 0) is 49.9 Å². The fourth-order valence-corrected chi connectivity index (χ4v) is 3.63. The van der Waals surface area contributed by atoms with Crippen LogP contribution in [0.5, 0.6) is 5.75 Å². The molecule has 0 atom stereocenters. The number of amides is 1. The van der Waals surface area contributed by atoms with Crippen LogP contribution in [0.1, 0.15) is 30.4 Å². The summed E-state index contributed by atoms with van der Waals surface area (Å²) in [4.78, 5) is 19.4. The molecule has 1 fully saturated rings. The number of benzene rings is 2. The molecule has 2 heterocycles. The number of nitrogens with zero attached hydrogens (tertiary/aromatic N) is 2. The van der Waals surface area contributed by atoms with Crippen LogP contribution >= 0.6 is 0 Å². The number of ether oxygens (including phenoxy) is 1. The Morgan fingerprint density at radius 2 is 1.83 bits per heavy atom. The third-order valence-corrected chi connectivity index (χ3v) is 5.32. The molecule has 5 nitrogen and oxygen atoms in total. The van der Waals surface area contributed by atoms with Gasteiger partial charge in [0.25, 0.3) is 5.91 Å². The summed E-state index contributed by atoms with van der Waals surface area (Å²) in [6.07, 6.45) is 3.70. The number of aryl methyl sites for hydroxylation is 1. The number of carbonyl (C=O) groups is 1. The SMILES string of the molecule is Cc1ccc(CNC(=O)COc2cccc3ccc(N4CCCCC4)nc23)cc1. The summed E-state index contributed by atoms with van der Waals surface area (Å²) in [5.74, 6) is 1.48. The molecule has 3 aromatic rings. The molecule has 29 heavy (non-hydrogen) atoms. The van der Waals surface area contributed by atoms with Gasteiger partial charge in [-0.15, -0.1) is 0 Å². The second-order valence-electron chi connectivity index (χ2n) is 7.60. The highest BCUT2D eigenvalue weighted by atomic mass is 16.5. The molecular formula is C24H27N3O2. The molecule has 0 saturated carbocycles. The van der Waals surface area contributed by atoms with Gasteiger partial charge in [0.2, 0.25) is 0 Å². The van der Waals surface area contributed by atoms with E-state index in [1.807, 2.05) is 49.4 Å². The van der Waals surface area contributed by atoms with Crippen LogP contribution in [-0.4, -0.2) is 30.6 Å². The van der Waals surface area contributed by atoms with Crippen LogP contribution in [-0.2, 0) is 11.3 Å². The maximum Gasteiger partial charge on any atom is 0.258 e. The number of anilines is 1. The van der Waals surface area contributed by atoms with E-state index >= 15 is 0 Å². The van der Waals surface area contributed by atoms with Gasteiger partial charge in [-0.3, -0.25) is 4.79 Å². The van der Waals surface area contributed by atoms with Crippen molar-refractivity contribution in [1.82, 2.24) is 10.3 Å². The topological polar surface area (TPSA) is 54.5 Å². The molecule has 150 valence electrons. The summed E-state index contributed by atoms with van der Waals surface area (Å²) in [6, 6.07) is 18.1. The fourth-order valence-electron chi connectivity index (χ4n) is 3.63. The molecule has 1 N–H and O–H groups in total. The zero-order valence-electron chi connectivity index (χ0n) is 16.9. The van der Waals surface area contributed by atoms with Crippen LogP contribution in [0.3, 0.4) is 0 Å². The zero-order chi connectivity index (χ0) is 20.1. The van der Waals surface area contributed by atoms with Gasteiger partial charge in [-0.1, -0.05) is 42.0 Å². The molecule has 5 heteroatoms. The van der Waals surface area contributed by atoms with Gasteiger partial charge in [-0.25, -0.2) is 4.98 Å². The molecule has 2 aromatic carbocycles. The maximum absolute atomic E-state index is 12.2. The van der Waals surface area contributed by atoms with Gasteiger partial charge in [0.15, 0.2) is 6.61 Å². The molecule has 1 aliphatic rings. The predicted octanol–water partition coefficient (Wildman–Crippen LogP) is 4.23. The average Bonchev–Trinajstić information content (AvgIpc) is 2.77. The van der Waals surface area contributed by atoms with Gasteiger partial charge in [0.05, 0.1) is 0 Å². The Bertz CT molecular complexity index is 979. The lowest BCUT2D eigenvalue weighted by Crippen LogP contribution is -2.30. The maximum atomic E-state index is 12.2. The number of pyridine rings is 1. The van der Waals surface area contributed by atoms with Crippen molar-refractivity contribution < 1.29 is 9.53 Å². The van der Waals surface area contributed by atoms with Gasteiger partial charge in [0.1, 0.15) is 17.1 Å². The standard InChI is InChI=1S/C24H27N3O2/c1-18-8-10-19(11-9-18)16-25-23(28)17-29-21-7-5-6-20-12-13-22(26-24(20)21)27-14-3-2-4-15-27/h5-13H,2-4,14-17H2,1H3,(H,25,28). The molecule has 0 radical (unpaired) electrons. The molecule has 1 aromatic heterocycles. The fraction of sp³-hybridized carbons (Fsp3) is 0.333. The predicted molar refractivity (Wildman–Crippen MR) is 116 cm³/mol. The largest absolute Gasteiger partial charge is 0.481 e. The third-order valence-electron chi connectivity index (χ3n) is 5.32. The van der Waals surface area contributed by atoms with E-state index in [1.165, 1.54) is 24.8 Å². The highest BCUT2D eigenvalue weighted by molar-refractivity contribution is 5.86. The minimum Gasteiger partial charge on any atom is -0.481 e. The van der Waals surface area contributed by atoms with Crippen LogP contribution < -0.4 is 15.0 Å². The number of aromatic nitrogens is 1. The number of nitrogens with one attached hydrogen (secondary N) is 1. The van der Waals surface area contributed by atoms with Crippen molar-refractivity contribution in [3.63, 3.8) is 0 Å². The minimum absolute atomic E-state index is 0.0272. The van der Waals surface area contributed by atoms with E-state index < -0.39 is 0 Å². The van der Waals surface area contributed by atoms with Gasteiger partial charge < -0.3 is 15.0 Å². The van der Waals surface area contributed by atoms with Crippen LogP contribution in [0.2, 0.25) is 0 Å². The number of piperidine rings is 1. The molecule has 0 bridgehead atoms. The minimum atomic E-state index is -0.144. The Balaban J connectivity index is 1.41. The first-order chi connectivity index (χ1) is 14.2. The molecule has 0 unspecified atom stereocenters. The highest BCUT2D eigenvalue weighted by Gasteiger charge is 2.14. The van der Waals surface area contributed by atoms with Crippen molar-refractivity contribution in [2.45, 2.75) is 32.7 Å². The van der Waals surface area contributed by atoms with Gasteiger partial charge in [0, 0.05) is 25.0 Å². The Morgan fingerprint density at radius 1 is 1.03 bits per heavy atom. The number of fused-ring (bicyclic) bond motifs is 1. The Kier molecular flexibility index (Phi) is 5.94. The second kappa shape index (κ2) is 8.95. The van der Waals surface area contributed by atoms with E-state index in [4.69, 9.17) is 9.72 Å². The number of rotatable bonds is 6. The number of para-hydroxylation sites is 1. The molecule has 1 saturated heterocycles. The molecule has 4 rings (SSSR count). The molecular weight excluding hydrogens is 362 g/mol. The first-order valence-corrected chi connectivity index (χ1v) is 10.3. The zero-order valence-corrected chi connectivity index (χ0v) is 16.9. The van der Waals surface area contributed by atoms with Crippen molar-refractivity contribution in [2.75, 3.05) is 24.6 Å². The molecule has 0 aliphatic carbocycles. The summed E-state index contributed by atoms with van der Waals surface area (Å²) >= 11 is 0. The summed E-state index contributed by atoms with van der Waals surface area (Å²) in [7, 11) is 0. The average molecular weight is 389 g/mol. The summed E-state index contributed by atoms with van der Waals surface area (Å²) < 4.78 is 5.84. The lowest BCUT2D eigenvalue weighted by Gasteiger charge is -2.28. The Labute approximate surface area is 171 Å². The molecule has 1 aliphatic heterocycles. The Hall–Kier alpha value is -3.08. The van der Waals surface area contributed by atoms with Crippen molar-refractivity contribution in [3.8, 4) is 5.75 Å². The van der Waals surface area contributed by atoms with Gasteiger partial charge >= 0.3 is 0 Å². The lowest BCUT2D eigenvalue weighted by molar-refractivity contribution is -0.123. The summed E-state index contributed by atoms with van der Waals surface area (Å²) in [5, 5.41) is 3.92. The molecule has 0 spiro atoms. The van der Waals surface area contributed by atoms with Crippen molar-refractivity contribution >= 4 is 22.6 Å². The van der Waals surface area contributed by atoms with Crippen molar-refractivity contribution in [3.05, 3.63) is 65.7 Å². The summed E-state index contributed by atoms with van der Waals surface area (Å²) in [5.41, 5.74) is 3.08. The van der Waals surface area contributed by atoms with Gasteiger partial charge in [-0.2, -0.15) is 0 Å². The van der Waals surface area contributed by atoms with E-state index in [0.29, 0.717) is 12.3 Å². The molecule has 1 amide bonds. The van der Waals surface area contributed by atoms with Crippen LogP contribution in [0, 0.1) is 6.92 Å². The third kappa shape index (κ3) is 4.86. The summed E-state index contributed by atoms with van der Waals surface area (Å²) in [6.45, 7) is 4.60. The highest BCUT2D eigenvalue weighted by Crippen LogP contribution is 2.27. The first-order valence-electron chi connectivity index (χ1n) is 10.3. The lowest BCUT2D eigenvalue weighted by atomic mass is 10.1. The van der Waals surface area contributed by atoms with E-state index in [0.717, 1.165) is 35.4 Å². The van der Waals surface area contributed by atoms with Crippen LogP contribution in [0.4, 0.5) is 5.82 Å². The quantitative estimate of drug-likeness (QED) is 0.686. The van der Waals surface area contributed by atoms with Crippen LogP contribution in [0.15, 0.2) is 54.6 Å². The van der Waals surface area contributed by atoms with E-state index in [9.17, 15) is 4.79 Å². The monoisotopic (exact) mass is 389 g/mol. The van der Waals surface area contributed by atoms with E-state index in [1.54, 1.807) is 0 Å². The van der Waals surface area contributed by atoms with Crippen molar-refractivity contribution in [2.24, 2.45) is 0 Å². The van der Waals surface area contributed by atoms with E-state index in [-0.39, 0.29) is 12.5 Å². The smallest absolute Gasteiger partial charge is 0.258 e.